The second-order valence-corrected chi connectivity index (χ2v) is 11.7. The summed E-state index contributed by atoms with van der Waals surface area (Å²) < 4.78 is 1.74. The van der Waals surface area contributed by atoms with Gasteiger partial charge in [0.25, 0.3) is 0 Å². The standard InChI is InChI=1S/C30H38N6O3/c1-19-13-30(4)17-33-26(38)10-8-6-5-7-9-22-11-23(24-14-31-21(3)32-15-24)12-25-28(20(2)37)34-36(29(22)25)16-27(39)35(19)18-30/h11-12,14-15,19H,5-10,13,16-18H2,1-4H3,(H,33,38)/t19-,30+/m1/s1. The Balaban J connectivity index is 1.59. The molecular weight excluding hydrogens is 492 g/mol. The Bertz CT molecular complexity index is 1410. The fraction of sp³-hybridized carbons (Fsp3) is 0.533. The van der Waals surface area contributed by atoms with E-state index in [1.807, 2.05) is 17.9 Å². The van der Waals surface area contributed by atoms with Gasteiger partial charge in [0.15, 0.2) is 5.78 Å². The number of nitrogens with zero attached hydrogens (tertiary/aromatic N) is 5. The molecular formula is C30H38N6O3. The van der Waals surface area contributed by atoms with Crippen molar-refractivity contribution in [2.75, 3.05) is 13.1 Å². The minimum Gasteiger partial charge on any atom is -0.355 e. The third-order valence-electron chi connectivity index (χ3n) is 8.16. The van der Waals surface area contributed by atoms with E-state index in [9.17, 15) is 14.4 Å². The van der Waals surface area contributed by atoms with Crippen molar-refractivity contribution >= 4 is 28.5 Å². The number of hydrogen-bond donors (Lipinski definition) is 1. The summed E-state index contributed by atoms with van der Waals surface area (Å²) in [4.78, 5) is 49.5. The molecule has 1 N–H and O–H groups in total. The number of rotatable bonds is 2. The first kappa shape index (κ1) is 27.0. The van der Waals surface area contributed by atoms with Gasteiger partial charge in [0.2, 0.25) is 11.8 Å². The van der Waals surface area contributed by atoms with Crippen LogP contribution in [0, 0.1) is 12.3 Å². The number of carbonyl (C=O) groups is 3. The summed E-state index contributed by atoms with van der Waals surface area (Å²) in [5.41, 5.74) is 3.91. The van der Waals surface area contributed by atoms with Crippen molar-refractivity contribution in [1.82, 2.24) is 30.0 Å². The Kier molecular flexibility index (Phi) is 7.51. The van der Waals surface area contributed by atoms with Gasteiger partial charge >= 0.3 is 0 Å². The highest BCUT2D eigenvalue weighted by Gasteiger charge is 2.41. The number of carbonyl (C=O) groups excluding carboxylic acids is 3. The first-order chi connectivity index (χ1) is 18.6. The van der Waals surface area contributed by atoms with Crippen molar-refractivity contribution in [2.24, 2.45) is 5.41 Å². The van der Waals surface area contributed by atoms with E-state index in [4.69, 9.17) is 5.10 Å². The lowest BCUT2D eigenvalue weighted by Gasteiger charge is -2.25. The molecule has 2 aromatic heterocycles. The van der Waals surface area contributed by atoms with Crippen LogP contribution in [0.5, 0.6) is 0 Å². The lowest BCUT2D eigenvalue weighted by molar-refractivity contribution is -0.132. The molecule has 206 valence electrons. The van der Waals surface area contributed by atoms with Crippen molar-refractivity contribution in [3.63, 3.8) is 0 Å². The molecule has 0 saturated carbocycles. The van der Waals surface area contributed by atoms with Crippen LogP contribution in [-0.2, 0) is 22.6 Å². The third kappa shape index (κ3) is 5.72. The van der Waals surface area contributed by atoms with Gasteiger partial charge in [-0.05, 0) is 62.8 Å². The SMILES string of the molecule is CC(=O)c1nn2c3c(cc(-c4cnc(C)nc4)cc13)CCCCCCC(=O)NC[C@]1(C)C[C@@H](C)N(C1)C(=O)C2. The zero-order valence-electron chi connectivity index (χ0n) is 23.4. The molecule has 2 aliphatic rings. The smallest absolute Gasteiger partial charge is 0.244 e. The molecule has 9 nitrogen and oxygen atoms in total. The number of aromatic nitrogens is 4. The van der Waals surface area contributed by atoms with Crippen LogP contribution in [0.2, 0.25) is 0 Å². The molecule has 39 heavy (non-hydrogen) atoms. The molecule has 3 aromatic rings. The van der Waals surface area contributed by atoms with E-state index in [-0.39, 0.29) is 35.6 Å². The molecule has 1 fully saturated rings. The Morgan fingerprint density at radius 2 is 1.77 bits per heavy atom. The minimum absolute atomic E-state index is 0.0247. The molecule has 1 aromatic carbocycles. The number of hydrogen-bond acceptors (Lipinski definition) is 6. The number of fused-ring (bicyclic) bond motifs is 2. The lowest BCUT2D eigenvalue weighted by atomic mass is 9.88. The van der Waals surface area contributed by atoms with Crippen LogP contribution in [0.4, 0.5) is 0 Å². The van der Waals surface area contributed by atoms with Gasteiger partial charge in [-0.25, -0.2) is 9.97 Å². The van der Waals surface area contributed by atoms with Gasteiger partial charge < -0.3 is 10.2 Å². The number of Topliss-reactive ketones (excluding diaryl/α,β-unsaturated/α-hetero) is 1. The number of ketones is 1. The summed E-state index contributed by atoms with van der Waals surface area (Å²) >= 11 is 0. The highest BCUT2D eigenvalue weighted by molar-refractivity contribution is 6.07. The first-order valence-electron chi connectivity index (χ1n) is 14.0. The molecule has 0 radical (unpaired) electrons. The first-order valence-corrected chi connectivity index (χ1v) is 14.0. The third-order valence-corrected chi connectivity index (χ3v) is 8.16. The van der Waals surface area contributed by atoms with Crippen molar-refractivity contribution in [3.05, 3.63) is 41.6 Å². The zero-order valence-corrected chi connectivity index (χ0v) is 23.4. The van der Waals surface area contributed by atoms with Gasteiger partial charge in [0.1, 0.15) is 18.1 Å². The molecule has 2 aliphatic heterocycles. The summed E-state index contributed by atoms with van der Waals surface area (Å²) in [5, 5.41) is 8.57. The molecule has 1 saturated heterocycles. The number of amides is 2. The van der Waals surface area contributed by atoms with Gasteiger partial charge in [0.05, 0.1) is 5.52 Å². The molecule has 0 unspecified atom stereocenters. The Labute approximate surface area is 229 Å². The highest BCUT2D eigenvalue weighted by atomic mass is 16.2. The van der Waals surface area contributed by atoms with Gasteiger partial charge in [-0.3, -0.25) is 19.1 Å². The van der Waals surface area contributed by atoms with E-state index in [1.165, 1.54) is 6.92 Å². The van der Waals surface area contributed by atoms with Crippen LogP contribution >= 0.6 is 0 Å². The molecule has 2 atom stereocenters. The van der Waals surface area contributed by atoms with Crippen LogP contribution in [0.15, 0.2) is 24.5 Å². The Hall–Kier alpha value is -3.62. The summed E-state index contributed by atoms with van der Waals surface area (Å²) in [6.45, 7) is 8.78. The van der Waals surface area contributed by atoms with Crippen molar-refractivity contribution < 1.29 is 14.4 Å². The topological polar surface area (TPSA) is 110 Å². The van der Waals surface area contributed by atoms with Crippen molar-refractivity contribution in [1.29, 1.82) is 0 Å². The van der Waals surface area contributed by atoms with Crippen LogP contribution < -0.4 is 5.32 Å². The normalized spacial score (nSPS) is 23.1. The predicted octanol–water partition coefficient (Wildman–Crippen LogP) is 4.25. The fourth-order valence-electron chi connectivity index (χ4n) is 6.17. The largest absolute Gasteiger partial charge is 0.355 e. The van der Waals surface area contributed by atoms with Gasteiger partial charge in [-0.2, -0.15) is 5.10 Å². The van der Waals surface area contributed by atoms with E-state index in [0.717, 1.165) is 66.1 Å². The summed E-state index contributed by atoms with van der Waals surface area (Å²) in [7, 11) is 0. The molecule has 9 heteroatoms. The number of benzene rings is 1. The fourth-order valence-corrected chi connectivity index (χ4v) is 6.17. The maximum absolute atomic E-state index is 13.7. The average molecular weight is 531 g/mol. The monoisotopic (exact) mass is 530 g/mol. The van der Waals surface area contributed by atoms with Crippen molar-refractivity contribution in [2.45, 2.75) is 85.2 Å². The maximum atomic E-state index is 13.7. The van der Waals surface area contributed by atoms with Crippen LogP contribution in [0.1, 0.15) is 81.2 Å². The summed E-state index contributed by atoms with van der Waals surface area (Å²) in [6, 6.07) is 4.16. The minimum atomic E-state index is -0.175. The van der Waals surface area contributed by atoms with E-state index < -0.39 is 0 Å². The second-order valence-electron chi connectivity index (χ2n) is 11.7. The van der Waals surface area contributed by atoms with Crippen LogP contribution in [0.25, 0.3) is 22.0 Å². The zero-order chi connectivity index (χ0) is 27.7. The van der Waals surface area contributed by atoms with E-state index in [2.05, 4.69) is 35.2 Å². The van der Waals surface area contributed by atoms with Gasteiger partial charge in [-0.1, -0.05) is 19.8 Å². The molecule has 2 bridgehead atoms. The number of nitrogens with one attached hydrogen (secondary N) is 1. The Morgan fingerprint density at radius 3 is 2.49 bits per heavy atom. The quantitative estimate of drug-likeness (QED) is 0.496. The van der Waals surface area contributed by atoms with E-state index in [0.29, 0.717) is 31.0 Å². The van der Waals surface area contributed by atoms with E-state index >= 15 is 0 Å². The number of aryl methyl sites for hydroxylation is 2. The highest BCUT2D eigenvalue weighted by Crippen LogP contribution is 2.35. The van der Waals surface area contributed by atoms with Crippen LogP contribution in [0.3, 0.4) is 0 Å². The average Bonchev–Trinajstić information content (AvgIpc) is 3.41. The lowest BCUT2D eigenvalue weighted by Crippen LogP contribution is -2.40. The Morgan fingerprint density at radius 1 is 1.05 bits per heavy atom. The molecule has 4 heterocycles. The van der Waals surface area contributed by atoms with E-state index in [1.54, 1.807) is 17.1 Å². The molecule has 5 rings (SSSR count). The van der Waals surface area contributed by atoms with Crippen LogP contribution in [-0.4, -0.2) is 61.4 Å². The van der Waals surface area contributed by atoms with Gasteiger partial charge in [0, 0.05) is 61.2 Å². The summed E-state index contributed by atoms with van der Waals surface area (Å²) in [6.07, 6.45) is 9.47. The maximum Gasteiger partial charge on any atom is 0.244 e. The van der Waals surface area contributed by atoms with Crippen molar-refractivity contribution in [3.8, 4) is 11.1 Å². The second kappa shape index (κ2) is 10.9. The summed E-state index contributed by atoms with van der Waals surface area (Å²) in [5.74, 6) is 0.628. The molecule has 2 amide bonds. The molecule has 0 spiro atoms. The predicted molar refractivity (Wildman–Crippen MR) is 149 cm³/mol. The molecule has 0 aliphatic carbocycles. The van der Waals surface area contributed by atoms with Gasteiger partial charge in [-0.15, -0.1) is 0 Å².